The number of carbonyl (C=O) groups is 2. The van der Waals surface area contributed by atoms with E-state index in [0.29, 0.717) is 55.4 Å². The summed E-state index contributed by atoms with van der Waals surface area (Å²) in [6.07, 6.45) is -0.852. The quantitative estimate of drug-likeness (QED) is 0.138. The number of fused-ring (bicyclic) bond motifs is 2. The number of anilines is 1. The number of rotatable bonds is 12. The first-order valence-electron chi connectivity index (χ1n) is 17.5. The lowest BCUT2D eigenvalue weighted by atomic mass is 9.94. The lowest BCUT2D eigenvalue weighted by molar-refractivity contribution is -0.125. The summed E-state index contributed by atoms with van der Waals surface area (Å²) >= 11 is 0. The van der Waals surface area contributed by atoms with Crippen molar-refractivity contribution in [2.75, 3.05) is 38.4 Å². The number of nitrogens with zero attached hydrogens (tertiary/aromatic N) is 2. The zero-order valence-electron chi connectivity index (χ0n) is 30.6. The maximum atomic E-state index is 13.7. The lowest BCUT2D eigenvalue weighted by Crippen LogP contribution is -2.50. The summed E-state index contributed by atoms with van der Waals surface area (Å²) in [6, 6.07) is 14.5. The van der Waals surface area contributed by atoms with E-state index in [2.05, 4.69) is 5.32 Å². The summed E-state index contributed by atoms with van der Waals surface area (Å²) < 4.78 is 16.3. The van der Waals surface area contributed by atoms with Crippen LogP contribution in [0, 0.1) is 0 Å². The van der Waals surface area contributed by atoms with Gasteiger partial charge >= 0.3 is 0 Å². The van der Waals surface area contributed by atoms with Crippen molar-refractivity contribution in [2.45, 2.75) is 106 Å². The van der Waals surface area contributed by atoms with Gasteiger partial charge in [0.15, 0.2) is 0 Å². The first kappa shape index (κ1) is 42.5. The third kappa shape index (κ3) is 11.0. The summed E-state index contributed by atoms with van der Waals surface area (Å²) in [7, 11) is 1.60. The summed E-state index contributed by atoms with van der Waals surface area (Å²) in [5, 5.41) is 15.4. The number of hydrogen-bond acceptors (Lipinski definition) is 9. The zero-order valence-corrected chi connectivity index (χ0v) is 30.6. The van der Waals surface area contributed by atoms with Crippen molar-refractivity contribution in [1.82, 2.24) is 10.3 Å². The molecule has 270 valence electrons. The average Bonchev–Trinajstić information content (AvgIpc) is 3.42. The minimum atomic E-state index is -0.829. The maximum absolute atomic E-state index is 13.7. The molecule has 4 atom stereocenters. The number of carbonyl (C=O) groups excluding carboxylic acids is 2. The number of amides is 2. The second-order valence-electron chi connectivity index (χ2n) is 10.5. The van der Waals surface area contributed by atoms with E-state index < -0.39 is 12.1 Å². The molecule has 0 radical (unpaired) electrons. The van der Waals surface area contributed by atoms with Gasteiger partial charge in [0.25, 0.3) is 0 Å². The van der Waals surface area contributed by atoms with Crippen molar-refractivity contribution >= 4 is 28.9 Å². The van der Waals surface area contributed by atoms with Crippen molar-refractivity contribution < 1.29 is 28.9 Å². The van der Waals surface area contributed by atoms with E-state index in [1.54, 1.807) is 12.0 Å². The Hall–Kier alpha value is -3.48. The molecule has 11 heteroatoms. The molecular formula is C37H61N5O6. The van der Waals surface area contributed by atoms with Gasteiger partial charge in [-0.05, 0) is 25.0 Å². The van der Waals surface area contributed by atoms with Gasteiger partial charge in [0.05, 0.1) is 61.7 Å². The molecule has 0 spiro atoms. The molecule has 0 aromatic heterocycles. The highest BCUT2D eigenvalue weighted by Gasteiger charge is 2.45. The molecule has 0 aliphatic carbocycles. The minimum Gasteiger partial charge on any atom is -0.396 e. The van der Waals surface area contributed by atoms with Gasteiger partial charge in [-0.1, -0.05) is 90.9 Å². The SMILES string of the molecule is CC.CC.CC.CCC1OC(C)C(N(N)/C2=C(\N)c3ccccc3CN(C(=O)CCC(=O)NCCOCCOC)c3ccccc32)C1O. The van der Waals surface area contributed by atoms with Gasteiger partial charge in [-0.25, -0.2) is 5.84 Å². The van der Waals surface area contributed by atoms with Crippen LogP contribution in [0.25, 0.3) is 11.4 Å². The highest BCUT2D eigenvalue weighted by atomic mass is 16.5. The Morgan fingerprint density at radius 1 is 0.979 bits per heavy atom. The first-order valence-corrected chi connectivity index (χ1v) is 17.5. The maximum Gasteiger partial charge on any atom is 0.227 e. The van der Waals surface area contributed by atoms with Crippen molar-refractivity contribution in [1.29, 1.82) is 0 Å². The number of benzene rings is 2. The van der Waals surface area contributed by atoms with Gasteiger partial charge in [-0.2, -0.15) is 0 Å². The Balaban J connectivity index is 0.00000182. The molecule has 2 aromatic carbocycles. The van der Waals surface area contributed by atoms with Crippen LogP contribution in [-0.2, 0) is 30.3 Å². The number of nitrogens with one attached hydrogen (secondary N) is 1. The molecule has 1 saturated heterocycles. The van der Waals surface area contributed by atoms with Crippen LogP contribution in [0.15, 0.2) is 48.5 Å². The summed E-state index contributed by atoms with van der Waals surface area (Å²) in [6.45, 7) is 17.8. The molecule has 2 heterocycles. The van der Waals surface area contributed by atoms with E-state index in [0.717, 1.165) is 11.1 Å². The van der Waals surface area contributed by atoms with Crippen molar-refractivity contribution in [3.63, 3.8) is 0 Å². The normalized spacial score (nSPS) is 20.9. The van der Waals surface area contributed by atoms with E-state index in [1.807, 2.05) is 104 Å². The number of hydrazine groups is 1. The van der Waals surface area contributed by atoms with Crippen LogP contribution < -0.4 is 21.8 Å². The number of ether oxygens (including phenoxy) is 3. The molecule has 0 saturated carbocycles. The Bertz CT molecular complexity index is 1270. The Kier molecular flexibility index (Phi) is 20.4. The Morgan fingerprint density at radius 3 is 2.23 bits per heavy atom. The summed E-state index contributed by atoms with van der Waals surface area (Å²) in [5.74, 6) is 6.38. The molecule has 6 N–H and O–H groups in total. The molecule has 2 aliphatic heterocycles. The van der Waals surface area contributed by atoms with Crippen molar-refractivity contribution in [2.24, 2.45) is 11.6 Å². The van der Waals surface area contributed by atoms with E-state index in [1.165, 1.54) is 5.01 Å². The summed E-state index contributed by atoms with van der Waals surface area (Å²) in [4.78, 5) is 27.9. The molecule has 2 aliphatic rings. The average molecular weight is 672 g/mol. The fourth-order valence-corrected chi connectivity index (χ4v) is 5.62. The zero-order chi connectivity index (χ0) is 36.2. The lowest BCUT2D eigenvalue weighted by Gasteiger charge is -2.37. The van der Waals surface area contributed by atoms with Crippen LogP contribution in [0.4, 0.5) is 5.69 Å². The predicted molar refractivity (Wildman–Crippen MR) is 195 cm³/mol. The number of aliphatic hydroxyl groups is 1. The van der Waals surface area contributed by atoms with Gasteiger partial charge in [0.2, 0.25) is 11.8 Å². The van der Waals surface area contributed by atoms with E-state index in [-0.39, 0.29) is 43.4 Å². The number of nitrogens with two attached hydrogens (primary N) is 2. The molecular weight excluding hydrogens is 610 g/mol. The molecule has 2 aromatic rings. The van der Waals surface area contributed by atoms with Crippen LogP contribution in [0.5, 0.6) is 0 Å². The number of hydrogen-bond donors (Lipinski definition) is 4. The third-order valence-electron chi connectivity index (χ3n) is 7.79. The topological polar surface area (TPSA) is 153 Å². The predicted octanol–water partition coefficient (Wildman–Crippen LogP) is 5.06. The molecule has 11 nitrogen and oxygen atoms in total. The van der Waals surface area contributed by atoms with Crippen LogP contribution in [0.3, 0.4) is 0 Å². The second-order valence-corrected chi connectivity index (χ2v) is 10.5. The number of para-hydroxylation sites is 1. The number of aliphatic hydroxyl groups excluding tert-OH is 1. The minimum absolute atomic E-state index is 0.0120. The molecule has 2 amide bonds. The summed E-state index contributed by atoms with van der Waals surface area (Å²) in [5.41, 5.74) is 10.7. The first-order chi connectivity index (χ1) is 23.3. The van der Waals surface area contributed by atoms with Gasteiger partial charge < -0.3 is 35.3 Å². The third-order valence-corrected chi connectivity index (χ3v) is 7.79. The molecule has 4 unspecified atom stereocenters. The van der Waals surface area contributed by atoms with Crippen LogP contribution in [0.2, 0.25) is 0 Å². The highest BCUT2D eigenvalue weighted by molar-refractivity contribution is 6.02. The Labute approximate surface area is 288 Å². The van der Waals surface area contributed by atoms with E-state index >= 15 is 0 Å². The van der Waals surface area contributed by atoms with Gasteiger partial charge in [0, 0.05) is 37.6 Å². The van der Waals surface area contributed by atoms with Crippen molar-refractivity contribution in [3.8, 4) is 0 Å². The molecule has 4 rings (SSSR count). The fourth-order valence-electron chi connectivity index (χ4n) is 5.62. The molecule has 48 heavy (non-hydrogen) atoms. The van der Waals surface area contributed by atoms with Gasteiger partial charge in [0.1, 0.15) is 6.10 Å². The van der Waals surface area contributed by atoms with Crippen molar-refractivity contribution in [3.05, 3.63) is 65.2 Å². The number of methoxy groups -OCH3 is 1. The monoisotopic (exact) mass is 671 g/mol. The standard InChI is InChI=1S/C31H43N5O6.3C2H6/c1-4-25-31(39)29(20(2)42-25)36(33)30-23-11-7-8-12-24(23)35(19-21-9-5-6-10-22(21)28(30)32)27(38)14-13-26(37)34-15-16-41-18-17-40-3;3*1-2/h5-12,20,25,29,31,39H,4,13-19,32-33H2,1-3H3,(H,34,37);3*1-2H3/b30-28-;;;. The largest absolute Gasteiger partial charge is 0.396 e. The molecule has 1 fully saturated rings. The van der Waals surface area contributed by atoms with Crippen LogP contribution in [0.1, 0.15) is 91.3 Å². The smallest absolute Gasteiger partial charge is 0.227 e. The van der Waals surface area contributed by atoms with Crippen LogP contribution >= 0.6 is 0 Å². The van der Waals surface area contributed by atoms with Gasteiger partial charge in [-0.3, -0.25) is 14.6 Å². The fraction of sp³-hybridized carbons (Fsp3) is 0.568. The highest BCUT2D eigenvalue weighted by Crippen LogP contribution is 2.40. The molecule has 0 bridgehead atoms. The Morgan fingerprint density at radius 2 is 1.60 bits per heavy atom. The van der Waals surface area contributed by atoms with Gasteiger partial charge in [-0.15, -0.1) is 0 Å². The van der Waals surface area contributed by atoms with E-state index in [9.17, 15) is 14.7 Å². The second kappa shape index (κ2) is 23.0. The van der Waals surface area contributed by atoms with E-state index in [4.69, 9.17) is 25.8 Å². The van der Waals surface area contributed by atoms with Crippen LogP contribution in [-0.4, -0.2) is 79.8 Å².